The zero-order chi connectivity index (χ0) is 21.0. The smallest absolute Gasteiger partial charge is 0.254 e. The molecule has 5 nitrogen and oxygen atoms in total. The first kappa shape index (κ1) is 21.4. The average molecular weight is 415 g/mol. The van der Waals surface area contributed by atoms with Crippen LogP contribution in [0.1, 0.15) is 41.8 Å². The monoisotopic (exact) mass is 414 g/mol. The van der Waals surface area contributed by atoms with Crippen LogP contribution in [-0.4, -0.2) is 49.9 Å². The van der Waals surface area contributed by atoms with Gasteiger partial charge < -0.3 is 9.80 Å². The Bertz CT molecular complexity index is 950. The lowest BCUT2D eigenvalue weighted by atomic mass is 10.0. The van der Waals surface area contributed by atoms with Crippen LogP contribution in [0.3, 0.4) is 0 Å². The fraction of sp³-hybridized carbons (Fsp3) is 0.435. The molecule has 1 atom stereocenters. The Labute approximate surface area is 174 Å². The van der Waals surface area contributed by atoms with E-state index in [0.717, 1.165) is 29.9 Å². The summed E-state index contributed by atoms with van der Waals surface area (Å²) in [5, 5.41) is 0. The van der Waals surface area contributed by atoms with E-state index >= 15 is 0 Å². The second-order valence-electron chi connectivity index (χ2n) is 7.64. The van der Waals surface area contributed by atoms with E-state index < -0.39 is 9.84 Å². The number of rotatable bonds is 7. The molecule has 0 saturated carbocycles. The summed E-state index contributed by atoms with van der Waals surface area (Å²) >= 11 is 0. The molecular weight excluding hydrogens is 384 g/mol. The Kier molecular flexibility index (Phi) is 6.63. The van der Waals surface area contributed by atoms with E-state index in [1.165, 1.54) is 0 Å². The normalized spacial score (nSPS) is 17.8. The fourth-order valence-corrected chi connectivity index (χ4v) is 5.68. The Morgan fingerprint density at radius 2 is 1.69 bits per heavy atom. The summed E-state index contributed by atoms with van der Waals surface area (Å²) in [5.74, 6) is 0.0937. The van der Waals surface area contributed by atoms with Crippen molar-refractivity contribution in [3.05, 3.63) is 65.2 Å². The third kappa shape index (κ3) is 4.99. The van der Waals surface area contributed by atoms with Crippen LogP contribution in [0.4, 0.5) is 5.69 Å². The molecule has 156 valence electrons. The number of aryl methyl sites for hydroxylation is 1. The Morgan fingerprint density at radius 3 is 2.24 bits per heavy atom. The van der Waals surface area contributed by atoms with Gasteiger partial charge in [-0.15, -0.1) is 0 Å². The van der Waals surface area contributed by atoms with E-state index in [1.54, 1.807) is 4.90 Å². The van der Waals surface area contributed by atoms with Crippen LogP contribution in [0, 0.1) is 6.92 Å². The number of hydrogen-bond acceptors (Lipinski definition) is 4. The third-order valence-electron chi connectivity index (χ3n) is 5.70. The predicted molar refractivity (Wildman–Crippen MR) is 118 cm³/mol. The van der Waals surface area contributed by atoms with Crippen molar-refractivity contribution in [2.45, 2.75) is 39.8 Å². The minimum Gasteiger partial charge on any atom is -0.372 e. The van der Waals surface area contributed by atoms with E-state index in [2.05, 4.69) is 30.9 Å². The van der Waals surface area contributed by atoms with Crippen LogP contribution in [0.15, 0.2) is 48.5 Å². The molecule has 29 heavy (non-hydrogen) atoms. The lowest BCUT2D eigenvalue weighted by Crippen LogP contribution is -2.40. The van der Waals surface area contributed by atoms with Crippen molar-refractivity contribution >= 4 is 21.4 Å². The quantitative estimate of drug-likeness (QED) is 0.694. The molecule has 2 aromatic rings. The number of carbonyl (C=O) groups excluding carboxylic acids is 1. The number of sulfone groups is 1. The van der Waals surface area contributed by atoms with Crippen molar-refractivity contribution in [1.29, 1.82) is 0 Å². The molecule has 1 fully saturated rings. The van der Waals surface area contributed by atoms with E-state index in [-0.39, 0.29) is 23.5 Å². The van der Waals surface area contributed by atoms with E-state index in [1.807, 2.05) is 43.3 Å². The van der Waals surface area contributed by atoms with Crippen LogP contribution >= 0.6 is 0 Å². The van der Waals surface area contributed by atoms with Gasteiger partial charge in [0.05, 0.1) is 11.5 Å². The fourth-order valence-electron chi connectivity index (χ4n) is 3.95. The molecule has 1 aliphatic rings. The SMILES string of the molecule is CCN(CC)c1ccc(CN(C(=O)c2ccccc2C)C2CCS(=O)(=O)C2)cc1. The maximum atomic E-state index is 13.4. The number of anilines is 1. The van der Waals surface area contributed by atoms with Crippen LogP contribution in [-0.2, 0) is 16.4 Å². The summed E-state index contributed by atoms with van der Waals surface area (Å²) in [5.41, 5.74) is 3.70. The van der Waals surface area contributed by atoms with E-state index in [0.29, 0.717) is 18.5 Å². The maximum Gasteiger partial charge on any atom is 0.254 e. The first-order valence-corrected chi connectivity index (χ1v) is 12.1. The average Bonchev–Trinajstić information content (AvgIpc) is 3.07. The van der Waals surface area contributed by atoms with Crippen LogP contribution in [0.25, 0.3) is 0 Å². The van der Waals surface area contributed by atoms with Gasteiger partial charge in [-0.05, 0) is 56.5 Å². The maximum absolute atomic E-state index is 13.4. The van der Waals surface area contributed by atoms with Gasteiger partial charge in [0, 0.05) is 36.9 Å². The zero-order valence-corrected chi connectivity index (χ0v) is 18.3. The van der Waals surface area contributed by atoms with Crippen LogP contribution in [0.5, 0.6) is 0 Å². The van der Waals surface area contributed by atoms with Crippen molar-refractivity contribution in [2.24, 2.45) is 0 Å². The van der Waals surface area contributed by atoms with Gasteiger partial charge in [0.1, 0.15) is 0 Å². The minimum atomic E-state index is -3.08. The minimum absolute atomic E-state index is 0.0438. The topological polar surface area (TPSA) is 57.7 Å². The Morgan fingerprint density at radius 1 is 1.03 bits per heavy atom. The van der Waals surface area contributed by atoms with Crippen molar-refractivity contribution in [3.8, 4) is 0 Å². The molecule has 1 amide bonds. The summed E-state index contributed by atoms with van der Waals surface area (Å²) in [4.78, 5) is 17.4. The molecule has 0 N–H and O–H groups in total. The number of hydrogen-bond donors (Lipinski definition) is 0. The standard InChI is InChI=1S/C23H30N2O3S/c1-4-24(5-2)20-12-10-19(11-13-20)16-25(21-14-15-29(27,28)17-21)23(26)22-9-7-6-8-18(22)3/h6-13,21H,4-5,14-17H2,1-3H3. The third-order valence-corrected chi connectivity index (χ3v) is 7.45. The molecule has 0 aliphatic carbocycles. The molecule has 6 heteroatoms. The molecular formula is C23H30N2O3S. The largest absolute Gasteiger partial charge is 0.372 e. The lowest BCUT2D eigenvalue weighted by Gasteiger charge is -2.29. The van der Waals surface area contributed by atoms with Gasteiger partial charge in [-0.3, -0.25) is 4.79 Å². The number of amides is 1. The predicted octanol–water partition coefficient (Wildman–Crippen LogP) is 3.67. The highest BCUT2D eigenvalue weighted by molar-refractivity contribution is 7.91. The van der Waals surface area contributed by atoms with Gasteiger partial charge in [0.15, 0.2) is 9.84 Å². The van der Waals surface area contributed by atoms with Crippen molar-refractivity contribution in [1.82, 2.24) is 4.90 Å². The summed E-state index contributed by atoms with van der Waals surface area (Å²) < 4.78 is 24.1. The lowest BCUT2D eigenvalue weighted by molar-refractivity contribution is 0.0680. The summed E-state index contributed by atoms with van der Waals surface area (Å²) in [6.07, 6.45) is 0.498. The molecule has 0 bridgehead atoms. The van der Waals surface area contributed by atoms with Gasteiger partial charge in [-0.25, -0.2) is 8.42 Å². The first-order valence-electron chi connectivity index (χ1n) is 10.3. The second kappa shape index (κ2) is 8.99. The second-order valence-corrected chi connectivity index (χ2v) is 9.87. The first-order chi connectivity index (χ1) is 13.8. The van der Waals surface area contributed by atoms with Crippen LogP contribution in [0.2, 0.25) is 0 Å². The molecule has 2 aromatic carbocycles. The number of nitrogens with zero attached hydrogens (tertiary/aromatic N) is 2. The molecule has 0 spiro atoms. The highest BCUT2D eigenvalue weighted by Gasteiger charge is 2.35. The highest BCUT2D eigenvalue weighted by Crippen LogP contribution is 2.24. The Balaban J connectivity index is 1.88. The summed E-state index contributed by atoms with van der Waals surface area (Å²) in [6.45, 7) is 8.45. The van der Waals surface area contributed by atoms with Gasteiger partial charge in [-0.1, -0.05) is 30.3 Å². The molecule has 1 heterocycles. The van der Waals surface area contributed by atoms with Gasteiger partial charge in [0.25, 0.3) is 5.91 Å². The van der Waals surface area contributed by atoms with Crippen molar-refractivity contribution < 1.29 is 13.2 Å². The van der Waals surface area contributed by atoms with Crippen molar-refractivity contribution in [2.75, 3.05) is 29.5 Å². The molecule has 1 saturated heterocycles. The number of benzene rings is 2. The van der Waals surface area contributed by atoms with Gasteiger partial charge in [0.2, 0.25) is 0 Å². The van der Waals surface area contributed by atoms with Crippen LogP contribution < -0.4 is 4.90 Å². The molecule has 0 aromatic heterocycles. The van der Waals surface area contributed by atoms with E-state index in [4.69, 9.17) is 0 Å². The van der Waals surface area contributed by atoms with Crippen molar-refractivity contribution in [3.63, 3.8) is 0 Å². The summed E-state index contributed by atoms with van der Waals surface area (Å²) in [6, 6.07) is 15.4. The Hall–Kier alpha value is -2.34. The zero-order valence-electron chi connectivity index (χ0n) is 17.5. The van der Waals surface area contributed by atoms with Gasteiger partial charge >= 0.3 is 0 Å². The van der Waals surface area contributed by atoms with E-state index in [9.17, 15) is 13.2 Å². The molecule has 0 radical (unpaired) electrons. The van der Waals surface area contributed by atoms with Gasteiger partial charge in [-0.2, -0.15) is 0 Å². The summed E-state index contributed by atoms with van der Waals surface area (Å²) in [7, 11) is -3.08. The highest BCUT2D eigenvalue weighted by atomic mass is 32.2. The molecule has 1 aliphatic heterocycles. The number of carbonyl (C=O) groups is 1. The molecule has 1 unspecified atom stereocenters. The molecule has 3 rings (SSSR count).